The highest BCUT2D eigenvalue weighted by Gasteiger charge is 2.53. The van der Waals surface area contributed by atoms with Crippen LogP contribution in [0.1, 0.15) is 12.2 Å². The van der Waals surface area contributed by atoms with Gasteiger partial charge >= 0.3 is 0 Å². The number of amides is 3. The summed E-state index contributed by atoms with van der Waals surface area (Å²) in [6, 6.07) is -1.12. The first-order chi connectivity index (χ1) is 18.5. The molecule has 2 saturated heterocycles. The first kappa shape index (κ1) is 28.4. The van der Waals surface area contributed by atoms with Gasteiger partial charge in [0.05, 0.1) is 24.8 Å². The molecule has 0 spiro atoms. The number of quaternary nitrogens is 1. The number of nitrogens with one attached hydrogen (secondary N) is 1. The number of thioether (sulfide) groups is 1. The van der Waals surface area contributed by atoms with E-state index in [0.717, 1.165) is 16.4 Å². The number of hydrogen-bond acceptors (Lipinski definition) is 13. The van der Waals surface area contributed by atoms with E-state index < -0.39 is 53.8 Å². The van der Waals surface area contributed by atoms with E-state index in [-0.39, 0.29) is 33.4 Å². The molecule has 3 amide bonds. The monoisotopic (exact) mass is 584 g/mol. The number of allylic oxidation sites excluding steroid dienone is 1. The van der Waals surface area contributed by atoms with Gasteiger partial charge in [-0.15, -0.1) is 11.8 Å². The van der Waals surface area contributed by atoms with Crippen molar-refractivity contribution in [3.05, 3.63) is 29.2 Å². The number of oxime groups is 1. The van der Waals surface area contributed by atoms with Gasteiger partial charge in [0.2, 0.25) is 11.5 Å². The lowest BCUT2D eigenvalue weighted by atomic mass is 10.0. The standard InChI is InChI=1S/C21H25FN8O7S2/c22-9-37-27-13(16-26-21(24)39-28-16)17(33)25-14-18(34)29-15(20(35)36)10(8-38-19(14)29)2-1-4-30(7-12(23)32)5-3-11(31)6-30/h1-2,11,14,19,31H,3-9H2,(H5-,23,24,25,26,28,32,33,35,36)/b2-1+,27-13-/t11?,14-,19+,30?/m1/s1. The summed E-state index contributed by atoms with van der Waals surface area (Å²) in [5, 5.41) is 27.1. The third-order valence-corrected chi connectivity index (χ3v) is 8.23. The van der Waals surface area contributed by atoms with Gasteiger partial charge in [-0.2, -0.15) is 9.36 Å². The van der Waals surface area contributed by atoms with Gasteiger partial charge in [-0.25, -0.2) is 4.39 Å². The minimum absolute atomic E-state index is 0.0206. The van der Waals surface area contributed by atoms with Gasteiger partial charge in [-0.05, 0) is 11.6 Å². The Bertz CT molecular complexity index is 1270. The van der Waals surface area contributed by atoms with E-state index in [0.29, 0.717) is 31.6 Å². The van der Waals surface area contributed by atoms with Crippen LogP contribution in [0.2, 0.25) is 0 Å². The fraction of sp³-hybridized carbons (Fsp3) is 0.476. The van der Waals surface area contributed by atoms with Gasteiger partial charge < -0.3 is 41.1 Å². The highest BCUT2D eigenvalue weighted by atomic mass is 32.2. The largest absolute Gasteiger partial charge is 0.543 e. The lowest BCUT2D eigenvalue weighted by Crippen LogP contribution is -2.71. The predicted octanol–water partition coefficient (Wildman–Crippen LogP) is -3.21. The Hall–Kier alpha value is -3.61. The van der Waals surface area contributed by atoms with Gasteiger partial charge in [0.25, 0.3) is 24.6 Å². The second-order valence-electron chi connectivity index (χ2n) is 9.06. The molecule has 2 unspecified atom stereocenters. The fourth-order valence-corrected chi connectivity index (χ4v) is 6.50. The lowest BCUT2D eigenvalue weighted by Gasteiger charge is -2.50. The zero-order valence-electron chi connectivity index (χ0n) is 20.3. The number of likely N-dealkylation sites (tertiary alicyclic amines) is 1. The van der Waals surface area contributed by atoms with Crippen LogP contribution in [0.4, 0.5) is 9.52 Å². The molecule has 4 heterocycles. The molecule has 210 valence electrons. The molecular weight excluding hydrogens is 559 g/mol. The van der Waals surface area contributed by atoms with Crippen molar-refractivity contribution in [1.29, 1.82) is 0 Å². The van der Waals surface area contributed by atoms with Gasteiger partial charge in [0.15, 0.2) is 11.7 Å². The highest BCUT2D eigenvalue weighted by molar-refractivity contribution is 8.00. The second kappa shape index (κ2) is 11.6. The van der Waals surface area contributed by atoms with Crippen LogP contribution in [0.3, 0.4) is 0 Å². The summed E-state index contributed by atoms with van der Waals surface area (Å²) >= 11 is 1.98. The highest BCUT2D eigenvalue weighted by Crippen LogP contribution is 2.40. The van der Waals surface area contributed by atoms with E-state index in [4.69, 9.17) is 11.5 Å². The molecule has 0 radical (unpaired) electrons. The number of halogens is 1. The number of anilines is 1. The first-order valence-corrected chi connectivity index (χ1v) is 13.4. The molecule has 0 aliphatic carbocycles. The normalized spacial score (nSPS) is 26.9. The second-order valence-corrected chi connectivity index (χ2v) is 10.9. The summed E-state index contributed by atoms with van der Waals surface area (Å²) in [6.45, 7) is -0.101. The molecule has 1 aromatic heterocycles. The molecule has 3 aliphatic heterocycles. The number of hydrogen-bond donors (Lipinski definition) is 4. The van der Waals surface area contributed by atoms with E-state index in [2.05, 4.69) is 24.7 Å². The van der Waals surface area contributed by atoms with Crippen LogP contribution >= 0.6 is 23.3 Å². The number of carbonyl (C=O) groups is 4. The van der Waals surface area contributed by atoms with Crippen LogP contribution in [0.5, 0.6) is 0 Å². The van der Waals surface area contributed by atoms with Gasteiger partial charge in [0, 0.05) is 23.7 Å². The van der Waals surface area contributed by atoms with Gasteiger partial charge in [-0.1, -0.05) is 11.2 Å². The Balaban J connectivity index is 1.49. The van der Waals surface area contributed by atoms with E-state index in [1.165, 1.54) is 11.8 Å². The zero-order valence-corrected chi connectivity index (χ0v) is 22.0. The molecule has 39 heavy (non-hydrogen) atoms. The molecule has 0 bridgehead atoms. The van der Waals surface area contributed by atoms with Crippen molar-refractivity contribution in [3.63, 3.8) is 0 Å². The molecule has 6 N–H and O–H groups in total. The summed E-state index contributed by atoms with van der Waals surface area (Å²) in [5.74, 6) is -3.79. The van der Waals surface area contributed by atoms with Crippen molar-refractivity contribution < 1.29 is 43.1 Å². The molecule has 0 saturated carbocycles. The fourth-order valence-electron chi connectivity index (χ4n) is 4.75. The topological polar surface area (TPSA) is 226 Å². The Morgan fingerprint density at radius 1 is 1.41 bits per heavy atom. The van der Waals surface area contributed by atoms with Crippen molar-refractivity contribution in [3.8, 4) is 0 Å². The van der Waals surface area contributed by atoms with E-state index in [1.807, 2.05) is 0 Å². The third kappa shape index (κ3) is 6.02. The van der Waals surface area contributed by atoms with E-state index in [9.17, 15) is 33.8 Å². The molecule has 1 aromatic rings. The maximum absolute atomic E-state index is 12.9. The van der Waals surface area contributed by atoms with Crippen molar-refractivity contribution >= 4 is 57.8 Å². The number of fused-ring (bicyclic) bond motifs is 1. The summed E-state index contributed by atoms with van der Waals surface area (Å²) in [7, 11) is 0. The number of carbonyl (C=O) groups excluding carboxylic acids is 4. The van der Waals surface area contributed by atoms with Crippen LogP contribution in [-0.4, -0.2) is 110 Å². The Morgan fingerprint density at radius 3 is 2.77 bits per heavy atom. The van der Waals surface area contributed by atoms with Gasteiger partial charge in [-0.3, -0.25) is 19.3 Å². The van der Waals surface area contributed by atoms with Crippen molar-refractivity contribution in [2.24, 2.45) is 10.9 Å². The lowest BCUT2D eigenvalue weighted by molar-refractivity contribution is -0.904. The Labute approximate surface area is 229 Å². The van der Waals surface area contributed by atoms with Crippen LogP contribution in [0, 0.1) is 0 Å². The predicted molar refractivity (Wildman–Crippen MR) is 134 cm³/mol. The number of rotatable bonds is 11. The smallest absolute Gasteiger partial charge is 0.278 e. The molecule has 4 atom stereocenters. The number of primary amides is 1. The third-order valence-electron chi connectivity index (χ3n) is 6.39. The summed E-state index contributed by atoms with van der Waals surface area (Å²) in [5.41, 5.74) is 10.4. The molecular formula is C21H25FN8O7S2. The molecule has 2 fully saturated rings. The summed E-state index contributed by atoms with van der Waals surface area (Å²) < 4.78 is 16.6. The average molecular weight is 585 g/mol. The number of aliphatic hydroxyl groups is 1. The van der Waals surface area contributed by atoms with Crippen molar-refractivity contribution in [2.45, 2.75) is 23.9 Å². The molecule has 15 nitrogen and oxygen atoms in total. The molecule has 18 heteroatoms. The minimum atomic E-state index is -1.57. The van der Waals surface area contributed by atoms with Crippen LogP contribution in [0.15, 0.2) is 28.6 Å². The maximum Gasteiger partial charge on any atom is 0.278 e. The number of aromatic nitrogens is 2. The summed E-state index contributed by atoms with van der Waals surface area (Å²) in [6.07, 6.45) is 3.19. The number of nitrogens with zero attached hydrogens (tertiary/aromatic N) is 5. The summed E-state index contributed by atoms with van der Waals surface area (Å²) in [4.78, 5) is 58.5. The number of carboxylic acid groups (broad SMARTS) is 1. The van der Waals surface area contributed by atoms with Gasteiger partial charge in [0.1, 0.15) is 24.1 Å². The quantitative estimate of drug-likeness (QED) is 0.0876. The number of nitrogen functional groups attached to an aromatic ring is 1. The number of carboxylic acids is 1. The minimum Gasteiger partial charge on any atom is -0.543 e. The van der Waals surface area contributed by atoms with E-state index in [1.54, 1.807) is 12.2 Å². The number of aliphatic carboxylic acids is 1. The Morgan fingerprint density at radius 2 is 2.18 bits per heavy atom. The number of alkyl halides is 1. The van der Waals surface area contributed by atoms with Crippen LogP contribution < -0.4 is 21.9 Å². The molecule has 0 aromatic carbocycles. The van der Waals surface area contributed by atoms with Crippen molar-refractivity contribution in [2.75, 3.05) is 44.5 Å². The average Bonchev–Trinajstić information content (AvgIpc) is 3.46. The maximum atomic E-state index is 12.9. The number of nitrogens with two attached hydrogens (primary N) is 2. The molecule has 3 aliphatic rings. The van der Waals surface area contributed by atoms with Crippen LogP contribution in [-0.2, 0) is 24.0 Å². The van der Waals surface area contributed by atoms with E-state index >= 15 is 0 Å². The van der Waals surface area contributed by atoms with Crippen LogP contribution in [0.25, 0.3) is 0 Å². The van der Waals surface area contributed by atoms with Crippen molar-refractivity contribution in [1.82, 2.24) is 19.6 Å². The molecule has 4 rings (SSSR count). The zero-order chi connectivity index (χ0) is 28.3. The first-order valence-electron chi connectivity index (χ1n) is 11.6. The Kier molecular flexibility index (Phi) is 8.48. The number of aliphatic hydroxyl groups excluding tert-OH is 1. The number of β-lactam (4-membered cyclic amide) rings is 1. The SMILES string of the molecule is NC(=O)C[N+]1(C/C=C/C2=C(C(=O)[O-])N3C(=O)[C@@H](NC(=O)/C(=N\OCF)c4nsc(N)n4)[C@@H]3SC2)CCC(O)C1.